The smallest absolute Gasteiger partial charge is 0.159 e. The highest BCUT2D eigenvalue weighted by Crippen LogP contribution is 2.21. The van der Waals surface area contributed by atoms with Crippen LogP contribution in [-0.2, 0) is 17.6 Å². The van der Waals surface area contributed by atoms with Crippen molar-refractivity contribution in [2.75, 3.05) is 18.5 Å². The zero-order valence-electron chi connectivity index (χ0n) is 12.1. The van der Waals surface area contributed by atoms with E-state index in [1.807, 2.05) is 0 Å². The molecule has 0 aliphatic carbocycles. The van der Waals surface area contributed by atoms with Gasteiger partial charge in [-0.2, -0.15) is 5.10 Å². The van der Waals surface area contributed by atoms with Gasteiger partial charge in [0.25, 0.3) is 0 Å². The molecular weight excluding hydrogens is 272 g/mol. The average molecular weight is 294 g/mol. The lowest BCUT2D eigenvalue weighted by Crippen LogP contribution is -2.24. The average Bonchev–Trinajstić information content (AvgIpc) is 2.96. The van der Waals surface area contributed by atoms with Crippen LogP contribution in [0.4, 0.5) is 5.82 Å². The lowest BCUT2D eigenvalue weighted by atomic mass is 10.0. The highest BCUT2D eigenvalue weighted by atomic mass is 32.1. The number of hydrogen-bond donors (Lipinski definition) is 2. The van der Waals surface area contributed by atoms with Crippen LogP contribution < -0.4 is 11.1 Å². The molecule has 1 fully saturated rings. The molecule has 1 atom stereocenters. The highest BCUT2D eigenvalue weighted by molar-refractivity contribution is 7.80. The Labute approximate surface area is 125 Å². The van der Waals surface area contributed by atoms with Crippen molar-refractivity contribution in [2.45, 2.75) is 45.6 Å². The fourth-order valence-electron chi connectivity index (χ4n) is 2.58. The molecule has 0 radical (unpaired) electrons. The van der Waals surface area contributed by atoms with Crippen LogP contribution in [0.5, 0.6) is 0 Å². The first kappa shape index (κ1) is 15.1. The maximum atomic E-state index is 5.89. The van der Waals surface area contributed by atoms with Crippen molar-refractivity contribution in [3.8, 4) is 0 Å². The summed E-state index contributed by atoms with van der Waals surface area (Å²) in [5.74, 6) is 0.682. The van der Waals surface area contributed by atoms with E-state index in [2.05, 4.69) is 29.4 Å². The Kier molecular flexibility index (Phi) is 5.25. The Morgan fingerprint density at radius 1 is 1.40 bits per heavy atom. The first-order valence-electron chi connectivity index (χ1n) is 7.21. The molecule has 0 bridgehead atoms. The summed E-state index contributed by atoms with van der Waals surface area (Å²) in [5, 5.41) is 11.8. The molecular formula is C14H22N4OS. The van der Waals surface area contributed by atoms with Gasteiger partial charge >= 0.3 is 0 Å². The molecule has 1 aliphatic rings. The Morgan fingerprint density at radius 3 is 2.75 bits per heavy atom. The minimum Gasteiger partial charge on any atom is -0.389 e. The second-order valence-electron chi connectivity index (χ2n) is 4.94. The molecule has 2 rings (SSSR count). The van der Waals surface area contributed by atoms with Gasteiger partial charge in [-0.3, -0.25) is 0 Å². The first-order chi connectivity index (χ1) is 9.67. The maximum Gasteiger partial charge on any atom is 0.159 e. The summed E-state index contributed by atoms with van der Waals surface area (Å²) in [4.78, 5) is 0.376. The largest absolute Gasteiger partial charge is 0.389 e. The Bertz CT molecular complexity index is 486. The molecule has 1 aromatic heterocycles. The molecule has 1 aliphatic heterocycles. The van der Waals surface area contributed by atoms with Gasteiger partial charge < -0.3 is 15.8 Å². The van der Waals surface area contributed by atoms with E-state index in [4.69, 9.17) is 22.7 Å². The van der Waals surface area contributed by atoms with Gasteiger partial charge in [-0.1, -0.05) is 26.1 Å². The van der Waals surface area contributed by atoms with Crippen molar-refractivity contribution >= 4 is 23.0 Å². The van der Waals surface area contributed by atoms with Gasteiger partial charge in [0.05, 0.1) is 17.4 Å². The summed E-state index contributed by atoms with van der Waals surface area (Å²) in [6.07, 6.45) is 4.12. The number of aryl methyl sites for hydroxylation is 1. The number of aromatic nitrogens is 2. The van der Waals surface area contributed by atoms with Crippen LogP contribution in [0.1, 0.15) is 43.5 Å². The lowest BCUT2D eigenvalue weighted by molar-refractivity contribution is 0.120. The quantitative estimate of drug-likeness (QED) is 0.780. The molecule has 2 heterocycles. The van der Waals surface area contributed by atoms with Crippen molar-refractivity contribution in [1.29, 1.82) is 0 Å². The number of hydrogen-bond acceptors (Lipinski definition) is 5. The molecule has 1 aromatic rings. The predicted octanol–water partition coefficient (Wildman–Crippen LogP) is 1.83. The Hall–Kier alpha value is -1.27. The van der Waals surface area contributed by atoms with E-state index < -0.39 is 0 Å². The van der Waals surface area contributed by atoms with Crippen LogP contribution in [0.3, 0.4) is 0 Å². The monoisotopic (exact) mass is 294 g/mol. The number of rotatable bonds is 6. The van der Waals surface area contributed by atoms with Crippen LogP contribution in [-0.4, -0.2) is 34.4 Å². The molecule has 0 saturated carbocycles. The number of ether oxygens (including phenoxy) is 1. The summed E-state index contributed by atoms with van der Waals surface area (Å²) in [5.41, 5.74) is 8.80. The molecule has 20 heavy (non-hydrogen) atoms. The number of nitrogens with two attached hydrogens (primary N) is 1. The number of thiocarbonyl (C=S) groups is 1. The minimum absolute atomic E-state index is 0.243. The van der Waals surface area contributed by atoms with E-state index in [1.54, 1.807) is 0 Å². The molecule has 5 nitrogen and oxygen atoms in total. The van der Waals surface area contributed by atoms with E-state index in [0.29, 0.717) is 10.8 Å². The first-order valence-corrected chi connectivity index (χ1v) is 7.61. The van der Waals surface area contributed by atoms with Gasteiger partial charge in [-0.15, -0.1) is 5.10 Å². The molecule has 1 unspecified atom stereocenters. The fraction of sp³-hybridized carbons (Fsp3) is 0.643. The Balaban J connectivity index is 2.24. The SMILES string of the molecule is CCc1nnc(NCC2CCCO2)c(C(N)=S)c1CC. The molecule has 0 spiro atoms. The van der Waals surface area contributed by atoms with Crippen LogP contribution in [0.25, 0.3) is 0 Å². The van der Waals surface area contributed by atoms with Crippen LogP contribution in [0, 0.1) is 0 Å². The topological polar surface area (TPSA) is 73.1 Å². The summed E-state index contributed by atoms with van der Waals surface area (Å²) in [6, 6.07) is 0. The molecule has 1 saturated heterocycles. The Morgan fingerprint density at radius 2 is 2.20 bits per heavy atom. The third kappa shape index (κ3) is 3.24. The molecule has 6 heteroatoms. The predicted molar refractivity (Wildman–Crippen MR) is 84.1 cm³/mol. The maximum absolute atomic E-state index is 5.89. The van der Waals surface area contributed by atoms with Crippen molar-refractivity contribution in [3.05, 3.63) is 16.8 Å². The summed E-state index contributed by atoms with van der Waals surface area (Å²) >= 11 is 5.20. The fourth-order valence-corrected chi connectivity index (χ4v) is 2.80. The van der Waals surface area contributed by atoms with E-state index >= 15 is 0 Å². The van der Waals surface area contributed by atoms with Gasteiger partial charge in [0.15, 0.2) is 5.82 Å². The van der Waals surface area contributed by atoms with Gasteiger partial charge in [-0.05, 0) is 31.2 Å². The van der Waals surface area contributed by atoms with Gasteiger partial charge in [-0.25, -0.2) is 0 Å². The standard InChI is InChI=1S/C14H22N4OS/c1-3-10-11(4-2)17-18-14(12(10)13(15)20)16-8-9-6-5-7-19-9/h9H,3-8H2,1-2H3,(H2,15,20)(H,16,18). The third-order valence-corrected chi connectivity index (χ3v) is 3.82. The molecule has 0 amide bonds. The minimum atomic E-state index is 0.243. The van der Waals surface area contributed by atoms with Gasteiger partial charge in [0, 0.05) is 13.2 Å². The number of nitrogens with zero attached hydrogens (tertiary/aromatic N) is 2. The van der Waals surface area contributed by atoms with E-state index in [1.165, 1.54) is 0 Å². The van der Waals surface area contributed by atoms with Crippen LogP contribution in [0.15, 0.2) is 0 Å². The normalized spacial score (nSPS) is 18.2. The van der Waals surface area contributed by atoms with E-state index in [-0.39, 0.29) is 6.10 Å². The van der Waals surface area contributed by atoms with Gasteiger partial charge in [0.2, 0.25) is 0 Å². The summed E-state index contributed by atoms with van der Waals surface area (Å²) < 4.78 is 5.60. The number of nitrogens with one attached hydrogen (secondary N) is 1. The van der Waals surface area contributed by atoms with E-state index in [9.17, 15) is 0 Å². The van der Waals surface area contributed by atoms with Crippen molar-refractivity contribution in [2.24, 2.45) is 5.73 Å². The number of anilines is 1. The summed E-state index contributed by atoms with van der Waals surface area (Å²) in [7, 11) is 0. The van der Waals surface area contributed by atoms with Crippen molar-refractivity contribution < 1.29 is 4.74 Å². The molecule has 0 aromatic carbocycles. The second kappa shape index (κ2) is 6.95. The van der Waals surface area contributed by atoms with Crippen LogP contribution in [0.2, 0.25) is 0 Å². The summed E-state index contributed by atoms with van der Waals surface area (Å²) in [6.45, 7) is 5.71. The molecule has 110 valence electrons. The lowest BCUT2D eigenvalue weighted by Gasteiger charge is -2.17. The second-order valence-corrected chi connectivity index (χ2v) is 5.38. The van der Waals surface area contributed by atoms with Crippen LogP contribution >= 0.6 is 12.2 Å². The molecule has 3 N–H and O–H groups in total. The zero-order valence-corrected chi connectivity index (χ0v) is 12.9. The zero-order chi connectivity index (χ0) is 14.5. The van der Waals surface area contributed by atoms with Gasteiger partial charge in [0.1, 0.15) is 4.99 Å². The third-order valence-electron chi connectivity index (χ3n) is 3.61. The van der Waals surface area contributed by atoms with Crippen molar-refractivity contribution in [3.63, 3.8) is 0 Å². The van der Waals surface area contributed by atoms with E-state index in [0.717, 1.165) is 55.7 Å². The highest BCUT2D eigenvalue weighted by Gasteiger charge is 2.19. The van der Waals surface area contributed by atoms with Crippen molar-refractivity contribution in [1.82, 2.24) is 10.2 Å².